The molecule has 1 aromatic carbocycles. The summed E-state index contributed by atoms with van der Waals surface area (Å²) in [4.78, 5) is 11.6. The SMILES string of the molecule is COc1ccc2c(c1)OC[C@@H](Cc1nccnc1N1CCCC1)C2. The summed E-state index contributed by atoms with van der Waals surface area (Å²) in [5.74, 6) is 3.29. The van der Waals surface area contributed by atoms with Crippen LogP contribution in [0, 0.1) is 5.92 Å². The molecule has 2 aliphatic rings. The van der Waals surface area contributed by atoms with Crippen molar-refractivity contribution in [2.24, 2.45) is 5.92 Å². The van der Waals surface area contributed by atoms with Gasteiger partial charge in [-0.2, -0.15) is 0 Å². The monoisotopic (exact) mass is 325 g/mol. The molecular formula is C19H23N3O2. The Morgan fingerprint density at radius 3 is 2.88 bits per heavy atom. The fourth-order valence-electron chi connectivity index (χ4n) is 3.64. The van der Waals surface area contributed by atoms with E-state index in [0.717, 1.165) is 55.5 Å². The highest BCUT2D eigenvalue weighted by atomic mass is 16.5. The number of fused-ring (bicyclic) bond motifs is 1. The molecule has 0 spiro atoms. The molecule has 0 aliphatic carbocycles. The molecule has 0 saturated carbocycles. The number of anilines is 1. The third kappa shape index (κ3) is 3.03. The second kappa shape index (κ2) is 6.67. The van der Waals surface area contributed by atoms with E-state index in [4.69, 9.17) is 9.47 Å². The fourth-order valence-corrected chi connectivity index (χ4v) is 3.64. The van der Waals surface area contributed by atoms with E-state index in [9.17, 15) is 0 Å². The van der Waals surface area contributed by atoms with Gasteiger partial charge >= 0.3 is 0 Å². The Kier molecular flexibility index (Phi) is 4.24. The van der Waals surface area contributed by atoms with E-state index < -0.39 is 0 Å². The lowest BCUT2D eigenvalue weighted by atomic mass is 9.92. The van der Waals surface area contributed by atoms with Gasteiger partial charge in [-0.1, -0.05) is 6.07 Å². The number of hydrogen-bond acceptors (Lipinski definition) is 5. The second-order valence-corrected chi connectivity index (χ2v) is 6.58. The number of aromatic nitrogens is 2. The van der Waals surface area contributed by atoms with Crippen molar-refractivity contribution >= 4 is 5.82 Å². The van der Waals surface area contributed by atoms with Gasteiger partial charge in [0.2, 0.25) is 0 Å². The zero-order chi connectivity index (χ0) is 16.4. The molecule has 0 N–H and O–H groups in total. The van der Waals surface area contributed by atoms with E-state index in [1.807, 2.05) is 12.1 Å². The molecule has 2 aromatic rings. The Hall–Kier alpha value is -2.30. The van der Waals surface area contributed by atoms with Crippen molar-refractivity contribution in [3.05, 3.63) is 41.9 Å². The van der Waals surface area contributed by atoms with Crippen LogP contribution in [0.3, 0.4) is 0 Å². The van der Waals surface area contributed by atoms with Gasteiger partial charge in [0.05, 0.1) is 19.4 Å². The number of hydrogen-bond donors (Lipinski definition) is 0. The highest BCUT2D eigenvalue weighted by molar-refractivity contribution is 5.45. The number of methoxy groups -OCH3 is 1. The summed E-state index contributed by atoms with van der Waals surface area (Å²) in [5.41, 5.74) is 2.35. The first-order valence-corrected chi connectivity index (χ1v) is 8.68. The lowest BCUT2D eigenvalue weighted by molar-refractivity contribution is 0.219. The molecule has 0 amide bonds. The molecule has 0 bridgehead atoms. The summed E-state index contributed by atoms with van der Waals surface area (Å²) >= 11 is 0. The minimum Gasteiger partial charge on any atom is -0.497 e. The van der Waals surface area contributed by atoms with Crippen molar-refractivity contribution in [2.75, 3.05) is 31.7 Å². The lowest BCUT2D eigenvalue weighted by Gasteiger charge is -2.27. The van der Waals surface area contributed by atoms with Gasteiger partial charge in [-0.05, 0) is 37.3 Å². The van der Waals surface area contributed by atoms with Crippen molar-refractivity contribution in [3.63, 3.8) is 0 Å². The third-order valence-electron chi connectivity index (χ3n) is 4.90. The standard InChI is InChI=1S/C19H23N3O2/c1-23-16-5-4-15-10-14(13-24-18(15)12-16)11-17-19(21-7-6-20-17)22-8-2-3-9-22/h4-7,12,14H,2-3,8-11,13H2,1H3/t14-/m1/s1. The Morgan fingerprint density at radius 1 is 1.21 bits per heavy atom. The van der Waals surface area contributed by atoms with Crippen LogP contribution in [0.5, 0.6) is 11.5 Å². The molecular weight excluding hydrogens is 302 g/mol. The molecule has 1 saturated heterocycles. The van der Waals surface area contributed by atoms with E-state index >= 15 is 0 Å². The highest BCUT2D eigenvalue weighted by Crippen LogP contribution is 2.33. The van der Waals surface area contributed by atoms with Crippen LogP contribution in [0.15, 0.2) is 30.6 Å². The van der Waals surface area contributed by atoms with Crippen LogP contribution in [-0.4, -0.2) is 36.8 Å². The van der Waals surface area contributed by atoms with Crippen LogP contribution in [0.1, 0.15) is 24.1 Å². The summed E-state index contributed by atoms with van der Waals surface area (Å²) in [7, 11) is 1.68. The number of benzene rings is 1. The van der Waals surface area contributed by atoms with E-state index in [1.165, 1.54) is 18.4 Å². The van der Waals surface area contributed by atoms with Crippen molar-refractivity contribution in [1.29, 1.82) is 0 Å². The Labute approximate surface area is 142 Å². The predicted octanol–water partition coefficient (Wildman–Crippen LogP) is 2.88. The molecule has 126 valence electrons. The van der Waals surface area contributed by atoms with Crippen molar-refractivity contribution < 1.29 is 9.47 Å². The molecule has 24 heavy (non-hydrogen) atoms. The molecule has 1 atom stereocenters. The summed E-state index contributed by atoms with van der Waals surface area (Å²) in [6, 6.07) is 6.09. The van der Waals surface area contributed by atoms with Crippen molar-refractivity contribution in [1.82, 2.24) is 9.97 Å². The van der Waals surface area contributed by atoms with Gasteiger partial charge in [-0.3, -0.25) is 4.98 Å². The molecule has 1 aromatic heterocycles. The van der Waals surface area contributed by atoms with Crippen LogP contribution < -0.4 is 14.4 Å². The molecule has 4 rings (SSSR count). The van der Waals surface area contributed by atoms with Gasteiger partial charge in [0.25, 0.3) is 0 Å². The average molecular weight is 325 g/mol. The third-order valence-corrected chi connectivity index (χ3v) is 4.90. The number of nitrogens with zero attached hydrogens (tertiary/aromatic N) is 3. The highest BCUT2D eigenvalue weighted by Gasteiger charge is 2.24. The summed E-state index contributed by atoms with van der Waals surface area (Å²) in [6.45, 7) is 2.90. The maximum Gasteiger partial charge on any atom is 0.150 e. The van der Waals surface area contributed by atoms with Crippen molar-refractivity contribution in [2.45, 2.75) is 25.7 Å². The fraction of sp³-hybridized carbons (Fsp3) is 0.474. The minimum atomic E-state index is 0.434. The summed E-state index contributed by atoms with van der Waals surface area (Å²) < 4.78 is 11.2. The zero-order valence-corrected chi connectivity index (χ0v) is 14.1. The quantitative estimate of drug-likeness (QED) is 0.865. The molecule has 2 aliphatic heterocycles. The van der Waals surface area contributed by atoms with Gasteiger partial charge in [0.1, 0.15) is 17.3 Å². The molecule has 5 nitrogen and oxygen atoms in total. The first-order chi connectivity index (χ1) is 11.8. The predicted molar refractivity (Wildman–Crippen MR) is 92.9 cm³/mol. The van der Waals surface area contributed by atoms with Crippen LogP contribution in [-0.2, 0) is 12.8 Å². The largest absolute Gasteiger partial charge is 0.497 e. The molecule has 3 heterocycles. The van der Waals surface area contributed by atoms with E-state index in [0.29, 0.717) is 5.92 Å². The smallest absolute Gasteiger partial charge is 0.150 e. The van der Waals surface area contributed by atoms with Gasteiger partial charge in [-0.25, -0.2) is 4.98 Å². The van der Waals surface area contributed by atoms with E-state index in [-0.39, 0.29) is 0 Å². The zero-order valence-electron chi connectivity index (χ0n) is 14.1. The molecule has 0 unspecified atom stereocenters. The van der Waals surface area contributed by atoms with Crippen molar-refractivity contribution in [3.8, 4) is 11.5 Å². The van der Waals surface area contributed by atoms with E-state index in [1.54, 1.807) is 19.5 Å². The maximum atomic E-state index is 5.97. The van der Waals surface area contributed by atoms with Crippen LogP contribution >= 0.6 is 0 Å². The normalized spacial score (nSPS) is 19.7. The molecule has 0 radical (unpaired) electrons. The van der Waals surface area contributed by atoms with Gasteiger partial charge in [0.15, 0.2) is 0 Å². The summed E-state index contributed by atoms with van der Waals surface area (Å²) in [6.07, 6.45) is 8.02. The second-order valence-electron chi connectivity index (χ2n) is 6.58. The Balaban J connectivity index is 1.50. The van der Waals surface area contributed by atoms with Gasteiger partial charge in [-0.15, -0.1) is 0 Å². The summed E-state index contributed by atoms with van der Waals surface area (Å²) in [5, 5.41) is 0. The lowest BCUT2D eigenvalue weighted by Crippen LogP contribution is -2.26. The molecule has 1 fully saturated rings. The van der Waals surface area contributed by atoms with E-state index in [2.05, 4.69) is 20.9 Å². The Morgan fingerprint density at radius 2 is 2.04 bits per heavy atom. The minimum absolute atomic E-state index is 0.434. The topological polar surface area (TPSA) is 47.5 Å². The Bertz CT molecular complexity index is 714. The van der Waals surface area contributed by atoms with Gasteiger partial charge in [0, 0.05) is 37.5 Å². The molecule has 5 heteroatoms. The van der Waals surface area contributed by atoms with Crippen LogP contribution in [0.25, 0.3) is 0 Å². The van der Waals surface area contributed by atoms with Gasteiger partial charge < -0.3 is 14.4 Å². The first kappa shape index (κ1) is 15.2. The number of rotatable bonds is 4. The maximum absolute atomic E-state index is 5.97. The first-order valence-electron chi connectivity index (χ1n) is 8.68. The number of ether oxygens (including phenoxy) is 2. The van der Waals surface area contributed by atoms with Crippen LogP contribution in [0.2, 0.25) is 0 Å². The average Bonchev–Trinajstić information content (AvgIpc) is 3.16. The van der Waals surface area contributed by atoms with Crippen LogP contribution in [0.4, 0.5) is 5.82 Å².